The Hall–Kier alpha value is -1.34. The Morgan fingerprint density at radius 2 is 2.47 bits per heavy atom. The van der Waals surface area contributed by atoms with Gasteiger partial charge in [-0.05, 0) is 26.3 Å². The van der Waals surface area contributed by atoms with E-state index in [2.05, 4.69) is 26.9 Å². The summed E-state index contributed by atoms with van der Waals surface area (Å²) in [5.74, 6) is 7.45. The minimum atomic E-state index is 0.295. The predicted molar refractivity (Wildman–Crippen MR) is 56.0 cm³/mol. The first-order chi connectivity index (χ1) is 7.31. The number of rotatable bonds is 2. The average Bonchev–Trinajstić information content (AvgIpc) is 2.82. The highest BCUT2D eigenvalue weighted by molar-refractivity contribution is 5.03. The van der Waals surface area contributed by atoms with Crippen LogP contribution in [-0.2, 0) is 0 Å². The summed E-state index contributed by atoms with van der Waals surface area (Å²) < 4.78 is 5.01. The summed E-state index contributed by atoms with van der Waals surface area (Å²) in [5.41, 5.74) is 0. The number of aryl methyl sites for hydroxylation is 1. The van der Waals surface area contributed by atoms with Crippen LogP contribution in [0.5, 0.6) is 0 Å². The van der Waals surface area contributed by atoms with Crippen LogP contribution in [0.1, 0.15) is 37.5 Å². The van der Waals surface area contributed by atoms with E-state index in [0.717, 1.165) is 25.3 Å². The molecule has 0 N–H and O–H groups in total. The Morgan fingerprint density at radius 3 is 3.13 bits per heavy atom. The summed E-state index contributed by atoms with van der Waals surface area (Å²) in [6, 6.07) is 0.295. The van der Waals surface area contributed by atoms with Crippen LogP contribution < -0.4 is 0 Å². The molecule has 0 bridgehead atoms. The molecule has 1 saturated heterocycles. The highest BCUT2D eigenvalue weighted by Crippen LogP contribution is 2.29. The van der Waals surface area contributed by atoms with Crippen LogP contribution in [0.3, 0.4) is 0 Å². The molecule has 1 aromatic rings. The van der Waals surface area contributed by atoms with Crippen LogP contribution in [0.15, 0.2) is 4.52 Å². The first kappa shape index (κ1) is 10.2. The summed E-state index contributed by atoms with van der Waals surface area (Å²) in [6.45, 7) is 5.56. The van der Waals surface area contributed by atoms with Gasteiger partial charge in [0.25, 0.3) is 0 Å². The van der Waals surface area contributed by atoms with Crippen molar-refractivity contribution in [2.45, 2.75) is 32.7 Å². The van der Waals surface area contributed by atoms with Crippen LogP contribution in [0, 0.1) is 18.8 Å². The standard InChI is InChI=1S/C11H15N3O/c1-3-4-7-14-8-5-6-10(14)11-12-9(2)15-13-11/h10H,5-8H2,1-2H3. The van der Waals surface area contributed by atoms with Crippen LogP contribution in [0.4, 0.5) is 0 Å². The van der Waals surface area contributed by atoms with E-state index in [-0.39, 0.29) is 0 Å². The number of likely N-dealkylation sites (tertiary alicyclic amines) is 1. The second-order valence-electron chi connectivity index (χ2n) is 3.73. The van der Waals surface area contributed by atoms with E-state index in [9.17, 15) is 0 Å². The molecule has 4 heteroatoms. The van der Waals surface area contributed by atoms with Crippen LogP contribution in [-0.4, -0.2) is 28.1 Å². The molecule has 2 rings (SSSR count). The first-order valence-electron chi connectivity index (χ1n) is 5.25. The monoisotopic (exact) mass is 205 g/mol. The van der Waals surface area contributed by atoms with Gasteiger partial charge in [0.1, 0.15) is 0 Å². The highest BCUT2D eigenvalue weighted by Gasteiger charge is 2.28. The van der Waals surface area contributed by atoms with Gasteiger partial charge in [0.15, 0.2) is 5.82 Å². The number of hydrogen-bond acceptors (Lipinski definition) is 4. The van der Waals surface area contributed by atoms with Crippen LogP contribution >= 0.6 is 0 Å². The minimum Gasteiger partial charge on any atom is -0.340 e. The molecule has 4 nitrogen and oxygen atoms in total. The molecule has 0 amide bonds. The molecule has 0 aliphatic carbocycles. The Labute approximate surface area is 89.7 Å². The van der Waals surface area contributed by atoms with E-state index >= 15 is 0 Å². The van der Waals surface area contributed by atoms with Gasteiger partial charge in [-0.15, -0.1) is 5.92 Å². The van der Waals surface area contributed by atoms with Gasteiger partial charge in [-0.1, -0.05) is 11.1 Å². The zero-order chi connectivity index (χ0) is 10.7. The molecule has 0 radical (unpaired) electrons. The maximum atomic E-state index is 5.01. The fourth-order valence-electron chi connectivity index (χ4n) is 1.94. The molecule has 1 fully saturated rings. The largest absolute Gasteiger partial charge is 0.340 e. The third kappa shape index (κ3) is 2.18. The lowest BCUT2D eigenvalue weighted by molar-refractivity contribution is 0.270. The van der Waals surface area contributed by atoms with Crippen molar-refractivity contribution in [3.05, 3.63) is 11.7 Å². The van der Waals surface area contributed by atoms with Crippen molar-refractivity contribution in [3.8, 4) is 11.8 Å². The van der Waals surface area contributed by atoms with Crippen LogP contribution in [0.25, 0.3) is 0 Å². The van der Waals surface area contributed by atoms with Gasteiger partial charge in [-0.2, -0.15) is 4.98 Å². The van der Waals surface area contributed by atoms with Crippen molar-refractivity contribution in [1.29, 1.82) is 0 Å². The second-order valence-corrected chi connectivity index (χ2v) is 3.73. The lowest BCUT2D eigenvalue weighted by atomic mass is 10.2. The molecule has 1 unspecified atom stereocenters. The Kier molecular flexibility index (Phi) is 3.02. The van der Waals surface area contributed by atoms with Crippen molar-refractivity contribution < 1.29 is 4.52 Å². The van der Waals surface area contributed by atoms with Gasteiger partial charge < -0.3 is 4.52 Å². The van der Waals surface area contributed by atoms with E-state index in [0.29, 0.717) is 11.9 Å². The summed E-state index contributed by atoms with van der Waals surface area (Å²) >= 11 is 0. The Morgan fingerprint density at radius 1 is 1.60 bits per heavy atom. The van der Waals surface area contributed by atoms with Crippen LogP contribution in [0.2, 0.25) is 0 Å². The summed E-state index contributed by atoms with van der Waals surface area (Å²) in [4.78, 5) is 6.59. The lowest BCUT2D eigenvalue weighted by Crippen LogP contribution is -2.24. The topological polar surface area (TPSA) is 42.2 Å². The van der Waals surface area contributed by atoms with Gasteiger partial charge in [-0.3, -0.25) is 4.90 Å². The number of hydrogen-bond donors (Lipinski definition) is 0. The Bertz CT molecular complexity index is 388. The summed E-state index contributed by atoms with van der Waals surface area (Å²) in [7, 11) is 0. The minimum absolute atomic E-state index is 0.295. The van der Waals surface area contributed by atoms with E-state index in [4.69, 9.17) is 4.52 Å². The van der Waals surface area contributed by atoms with Gasteiger partial charge in [0, 0.05) is 6.92 Å². The molecular formula is C11H15N3O. The molecule has 15 heavy (non-hydrogen) atoms. The molecule has 0 saturated carbocycles. The number of nitrogens with zero attached hydrogens (tertiary/aromatic N) is 3. The molecule has 80 valence electrons. The maximum Gasteiger partial charge on any atom is 0.223 e. The zero-order valence-electron chi connectivity index (χ0n) is 9.16. The molecule has 2 heterocycles. The summed E-state index contributed by atoms with van der Waals surface area (Å²) in [6.07, 6.45) is 2.29. The molecular weight excluding hydrogens is 190 g/mol. The molecule has 0 spiro atoms. The van der Waals surface area contributed by atoms with E-state index in [1.165, 1.54) is 6.42 Å². The van der Waals surface area contributed by atoms with Crippen molar-refractivity contribution in [1.82, 2.24) is 15.0 Å². The molecule has 1 atom stereocenters. The second kappa shape index (κ2) is 4.45. The van der Waals surface area contributed by atoms with Gasteiger partial charge in [0.2, 0.25) is 5.89 Å². The lowest BCUT2D eigenvalue weighted by Gasteiger charge is -2.18. The molecule has 1 aliphatic rings. The van der Waals surface area contributed by atoms with Gasteiger partial charge >= 0.3 is 0 Å². The van der Waals surface area contributed by atoms with Crippen molar-refractivity contribution in [2.75, 3.05) is 13.1 Å². The smallest absolute Gasteiger partial charge is 0.223 e. The van der Waals surface area contributed by atoms with E-state index in [1.807, 2.05) is 13.8 Å². The fraction of sp³-hybridized carbons (Fsp3) is 0.636. The predicted octanol–water partition coefficient (Wildman–Crippen LogP) is 1.54. The van der Waals surface area contributed by atoms with Crippen molar-refractivity contribution >= 4 is 0 Å². The quantitative estimate of drug-likeness (QED) is 0.687. The zero-order valence-corrected chi connectivity index (χ0v) is 9.16. The fourth-order valence-corrected chi connectivity index (χ4v) is 1.94. The molecule has 1 aromatic heterocycles. The van der Waals surface area contributed by atoms with E-state index < -0.39 is 0 Å². The van der Waals surface area contributed by atoms with Crippen molar-refractivity contribution in [2.24, 2.45) is 0 Å². The third-order valence-electron chi connectivity index (χ3n) is 2.66. The summed E-state index contributed by atoms with van der Waals surface area (Å²) in [5, 5.41) is 3.98. The molecule has 0 aromatic carbocycles. The highest BCUT2D eigenvalue weighted by atomic mass is 16.5. The third-order valence-corrected chi connectivity index (χ3v) is 2.66. The first-order valence-corrected chi connectivity index (χ1v) is 5.25. The SMILES string of the molecule is CC#CCN1CCCC1c1noc(C)n1. The average molecular weight is 205 g/mol. The maximum absolute atomic E-state index is 5.01. The van der Waals surface area contributed by atoms with Crippen molar-refractivity contribution in [3.63, 3.8) is 0 Å². The van der Waals surface area contributed by atoms with Gasteiger partial charge in [-0.25, -0.2) is 0 Å². The van der Waals surface area contributed by atoms with Gasteiger partial charge in [0.05, 0.1) is 12.6 Å². The Balaban J connectivity index is 2.09. The number of aromatic nitrogens is 2. The molecule has 1 aliphatic heterocycles. The van der Waals surface area contributed by atoms with E-state index in [1.54, 1.807) is 0 Å². The normalized spacial score (nSPS) is 21.3.